The van der Waals surface area contributed by atoms with Crippen molar-refractivity contribution in [3.8, 4) is 0 Å². The van der Waals surface area contributed by atoms with Gasteiger partial charge >= 0.3 is 0 Å². The summed E-state index contributed by atoms with van der Waals surface area (Å²) >= 11 is 3.47. The maximum absolute atomic E-state index is 10.6. The van der Waals surface area contributed by atoms with Gasteiger partial charge in [-0.25, -0.2) is 0 Å². The van der Waals surface area contributed by atoms with Gasteiger partial charge in [-0.1, -0.05) is 51.8 Å². The molecule has 0 saturated carbocycles. The van der Waals surface area contributed by atoms with Crippen molar-refractivity contribution in [1.29, 1.82) is 5.41 Å². The van der Waals surface area contributed by atoms with E-state index >= 15 is 0 Å². The predicted molar refractivity (Wildman–Crippen MR) is 66.3 cm³/mol. The average molecular weight is 239 g/mol. The van der Waals surface area contributed by atoms with E-state index in [1.807, 2.05) is 30.3 Å². The lowest BCUT2D eigenvalue weighted by molar-refractivity contribution is -0.106. The topological polar surface area (TPSA) is 50.1 Å². The van der Waals surface area contributed by atoms with Gasteiger partial charge in [0.1, 0.15) is 5.48 Å². The number of rotatable bonds is 4. The minimum atomic E-state index is -0.696. The van der Waals surface area contributed by atoms with Crippen LogP contribution in [-0.4, -0.2) is 16.5 Å². The van der Waals surface area contributed by atoms with Crippen molar-refractivity contribution in [2.24, 2.45) is 0 Å². The van der Waals surface area contributed by atoms with Crippen LogP contribution in [0.5, 0.6) is 0 Å². The van der Waals surface area contributed by atoms with Gasteiger partial charge in [0.2, 0.25) is 0 Å². The first-order valence-electron chi connectivity index (χ1n) is 4.20. The Kier molecular flexibility index (Phi) is 4.53. The summed E-state index contributed by atoms with van der Waals surface area (Å²) in [5, 5.41) is 6.44. The fourth-order valence-corrected chi connectivity index (χ4v) is 1.34. The van der Waals surface area contributed by atoms with Gasteiger partial charge in [0, 0.05) is 6.42 Å². The molecule has 0 radical (unpaired) electrons. The van der Waals surface area contributed by atoms with E-state index in [1.54, 1.807) is 0 Å². The second-order valence-corrected chi connectivity index (χ2v) is 3.79. The Hall–Kier alpha value is -1.12. The minimum absolute atomic E-state index is 0.411. The maximum Gasteiger partial charge on any atom is 0.270 e. The van der Waals surface area contributed by atoms with E-state index in [1.165, 1.54) is 0 Å². The Labute approximate surface area is 95.6 Å². The number of nitrogens with one attached hydrogen (secondary N) is 1. The van der Waals surface area contributed by atoms with Gasteiger partial charge in [-0.2, -0.15) is 0 Å². The number of carbonyl (C=O) groups is 1. The van der Waals surface area contributed by atoms with Crippen LogP contribution in [0.25, 0.3) is 0 Å². The Morgan fingerprint density at radius 3 is 2.53 bits per heavy atom. The molecular weight excluding hydrogens is 229 g/mol. The first-order valence-corrected chi connectivity index (χ1v) is 5.15. The zero-order chi connectivity index (χ0) is 11.3. The standard InChI is InChI=1S/C10H10NO2PS/c11-9(10(12)15)13-8(14)6-7-4-2-1-3-5-7/h1-5,11,14H,6H2,(H,12,15). The number of carbonyl (C=O) groups excluding carboxylic acids is 1. The van der Waals surface area contributed by atoms with Gasteiger partial charge in [-0.05, 0) is 5.56 Å². The average Bonchev–Trinajstić information content (AvgIpc) is 2.18. The highest BCUT2D eigenvalue weighted by molar-refractivity contribution is 7.98. The van der Waals surface area contributed by atoms with E-state index in [0.717, 1.165) is 5.56 Å². The molecule has 1 N–H and O–H groups in total. The van der Waals surface area contributed by atoms with Crippen LogP contribution in [0.1, 0.15) is 5.56 Å². The van der Waals surface area contributed by atoms with E-state index in [0.29, 0.717) is 11.9 Å². The lowest BCUT2D eigenvalue weighted by Crippen LogP contribution is -2.16. The van der Waals surface area contributed by atoms with Crippen molar-refractivity contribution >= 4 is 38.0 Å². The number of thiol groups is 1. The van der Waals surface area contributed by atoms with Crippen LogP contribution in [0.2, 0.25) is 0 Å². The van der Waals surface area contributed by atoms with Crippen molar-refractivity contribution < 1.29 is 9.53 Å². The highest BCUT2D eigenvalue weighted by Crippen LogP contribution is 2.03. The molecule has 0 aliphatic heterocycles. The van der Waals surface area contributed by atoms with Crippen molar-refractivity contribution in [2.45, 2.75) is 6.42 Å². The molecule has 0 aliphatic rings. The fourth-order valence-electron chi connectivity index (χ4n) is 0.984. The van der Waals surface area contributed by atoms with Gasteiger partial charge in [0.25, 0.3) is 11.0 Å². The normalized spacial score (nSPS) is 9.40. The molecule has 0 bridgehead atoms. The zero-order valence-electron chi connectivity index (χ0n) is 7.86. The molecule has 0 aliphatic carbocycles. The molecule has 0 amide bonds. The van der Waals surface area contributed by atoms with Gasteiger partial charge in [0.15, 0.2) is 0 Å². The summed E-state index contributed by atoms with van der Waals surface area (Å²) in [6, 6.07) is 9.58. The maximum atomic E-state index is 10.6. The van der Waals surface area contributed by atoms with Crippen LogP contribution in [0.3, 0.4) is 0 Å². The molecule has 0 fully saturated rings. The molecule has 3 nitrogen and oxygen atoms in total. The molecule has 0 spiro atoms. The van der Waals surface area contributed by atoms with Gasteiger partial charge in [0.05, 0.1) is 0 Å². The first-order chi connectivity index (χ1) is 7.09. The van der Waals surface area contributed by atoms with Crippen LogP contribution in [0, 0.1) is 5.41 Å². The Morgan fingerprint density at radius 1 is 1.40 bits per heavy atom. The molecule has 15 heavy (non-hydrogen) atoms. The molecule has 0 unspecified atom stereocenters. The second kappa shape index (κ2) is 5.69. The lowest BCUT2D eigenvalue weighted by atomic mass is 10.2. The summed E-state index contributed by atoms with van der Waals surface area (Å²) in [5.41, 5.74) is 1.44. The van der Waals surface area contributed by atoms with Crippen LogP contribution < -0.4 is 0 Å². The summed E-state index contributed by atoms with van der Waals surface area (Å²) < 4.78 is 4.90. The van der Waals surface area contributed by atoms with Gasteiger partial charge in [-0.15, -0.1) is 0 Å². The van der Waals surface area contributed by atoms with Gasteiger partial charge in [-0.3, -0.25) is 10.2 Å². The molecule has 0 atom stereocenters. The number of hydrogen-bond donors (Lipinski definition) is 2. The second-order valence-electron chi connectivity index (χ2n) is 2.82. The Morgan fingerprint density at radius 2 is 2.00 bits per heavy atom. The quantitative estimate of drug-likeness (QED) is 0.365. The zero-order valence-corrected chi connectivity index (χ0v) is 9.75. The van der Waals surface area contributed by atoms with Crippen molar-refractivity contribution in [3.05, 3.63) is 35.9 Å². The summed E-state index contributed by atoms with van der Waals surface area (Å²) in [5.74, 6) is -0.487. The van der Waals surface area contributed by atoms with Crippen LogP contribution >= 0.6 is 21.5 Å². The molecule has 1 aromatic carbocycles. The van der Waals surface area contributed by atoms with Crippen LogP contribution in [-0.2, 0) is 16.0 Å². The lowest BCUT2D eigenvalue weighted by Gasteiger charge is -2.06. The smallest absolute Gasteiger partial charge is 0.270 e. The minimum Gasteiger partial charge on any atom is -0.436 e. The molecule has 5 heteroatoms. The van der Waals surface area contributed by atoms with E-state index in [4.69, 9.17) is 10.1 Å². The number of ether oxygens (including phenoxy) is 1. The van der Waals surface area contributed by atoms with E-state index in [9.17, 15) is 4.79 Å². The summed E-state index contributed by atoms with van der Waals surface area (Å²) in [6.45, 7) is 0. The van der Waals surface area contributed by atoms with E-state index < -0.39 is 11.0 Å². The molecule has 78 valence electrons. The monoisotopic (exact) mass is 239 g/mol. The highest BCUT2D eigenvalue weighted by Gasteiger charge is 2.08. The van der Waals surface area contributed by atoms with Crippen molar-refractivity contribution in [1.82, 2.24) is 0 Å². The third-order valence-corrected chi connectivity index (χ3v) is 2.11. The molecule has 0 saturated heterocycles. The highest BCUT2D eigenvalue weighted by atomic mass is 32.1. The van der Waals surface area contributed by atoms with Gasteiger partial charge < -0.3 is 4.74 Å². The van der Waals surface area contributed by atoms with Crippen molar-refractivity contribution in [3.63, 3.8) is 0 Å². The summed E-state index contributed by atoms with van der Waals surface area (Å²) in [6.07, 6.45) is 0.501. The third kappa shape index (κ3) is 4.28. The van der Waals surface area contributed by atoms with Crippen LogP contribution in [0.15, 0.2) is 30.3 Å². The number of benzene rings is 1. The predicted octanol–water partition coefficient (Wildman–Crippen LogP) is 1.95. The largest absolute Gasteiger partial charge is 0.436 e. The molecule has 0 heterocycles. The molecule has 0 aromatic heterocycles. The fraction of sp³-hybridized carbons (Fsp3) is 0.100. The SMILES string of the molecule is N=C(OC(=P)Cc1ccccc1)C(=O)S. The number of hydrogen-bond acceptors (Lipinski definition) is 3. The summed E-state index contributed by atoms with van der Waals surface area (Å²) in [7, 11) is 3.20. The molecule has 1 aromatic rings. The van der Waals surface area contributed by atoms with E-state index in [2.05, 4.69) is 21.5 Å². The summed E-state index contributed by atoms with van der Waals surface area (Å²) in [4.78, 5) is 10.6. The van der Waals surface area contributed by atoms with Crippen LogP contribution in [0.4, 0.5) is 0 Å². The molecule has 1 rings (SSSR count). The Bertz CT molecular complexity index is 392. The third-order valence-electron chi connectivity index (χ3n) is 1.63. The first kappa shape index (κ1) is 12.0. The Balaban J connectivity index is 2.51. The van der Waals surface area contributed by atoms with Crippen molar-refractivity contribution in [2.75, 3.05) is 0 Å². The molecular formula is C10H10NO2PS. The van der Waals surface area contributed by atoms with E-state index in [-0.39, 0.29) is 0 Å².